The predicted molar refractivity (Wildman–Crippen MR) is 64.3 cm³/mol. The van der Waals surface area contributed by atoms with E-state index in [1.165, 1.54) is 11.3 Å². The van der Waals surface area contributed by atoms with Crippen molar-refractivity contribution < 1.29 is 9.53 Å². The number of nitrogens with one attached hydrogen (secondary N) is 1. The van der Waals surface area contributed by atoms with Crippen LogP contribution < -0.4 is 5.32 Å². The molecule has 0 radical (unpaired) electrons. The first-order valence-corrected chi connectivity index (χ1v) is 5.96. The molecule has 1 heterocycles. The quantitative estimate of drug-likeness (QED) is 0.607. The molecule has 0 fully saturated rings. The molecule has 1 rings (SSSR count). The molecule has 1 aromatic heterocycles. The van der Waals surface area contributed by atoms with E-state index >= 15 is 0 Å². The second kappa shape index (κ2) is 5.77. The smallest absolute Gasteiger partial charge is 0.333 e. The summed E-state index contributed by atoms with van der Waals surface area (Å²) in [5, 5.41) is 5.63. The Morgan fingerprint density at radius 1 is 1.81 bits per heavy atom. The normalized spacial score (nSPS) is 14.1. The van der Waals surface area contributed by atoms with Gasteiger partial charge in [-0.15, -0.1) is 17.9 Å². The maximum absolute atomic E-state index is 11.9. The number of aromatic nitrogens is 1. The molecule has 0 aliphatic rings. The van der Waals surface area contributed by atoms with E-state index < -0.39 is 5.54 Å². The van der Waals surface area contributed by atoms with Gasteiger partial charge >= 0.3 is 5.97 Å². The van der Waals surface area contributed by atoms with Crippen LogP contribution in [-0.2, 0) is 15.1 Å². The predicted octanol–water partition coefficient (Wildman–Crippen LogP) is 1.70. The number of hydrogen-bond donors (Lipinski definition) is 1. The van der Waals surface area contributed by atoms with Gasteiger partial charge in [0, 0.05) is 18.1 Å². The molecule has 0 spiro atoms. The topological polar surface area (TPSA) is 51.2 Å². The molecular weight excluding hydrogens is 224 g/mol. The summed E-state index contributed by atoms with van der Waals surface area (Å²) in [5.74, 6) is -0.313. The molecule has 88 valence electrons. The first kappa shape index (κ1) is 12.9. The fourth-order valence-electron chi connectivity index (χ4n) is 1.26. The van der Waals surface area contributed by atoms with Gasteiger partial charge in [0.15, 0.2) is 5.54 Å². The van der Waals surface area contributed by atoms with Gasteiger partial charge in [-0.05, 0) is 13.8 Å². The second-order valence-corrected chi connectivity index (χ2v) is 4.25. The van der Waals surface area contributed by atoms with E-state index in [9.17, 15) is 4.79 Å². The summed E-state index contributed by atoms with van der Waals surface area (Å²) in [6.45, 7) is 8.05. The monoisotopic (exact) mass is 240 g/mol. The van der Waals surface area contributed by atoms with Crippen LogP contribution >= 0.6 is 11.3 Å². The van der Waals surface area contributed by atoms with Crippen molar-refractivity contribution in [1.82, 2.24) is 10.3 Å². The van der Waals surface area contributed by atoms with E-state index in [-0.39, 0.29) is 5.97 Å². The lowest BCUT2D eigenvalue weighted by atomic mass is 10.0. The Balaban J connectivity index is 2.92. The Bertz CT molecular complexity index is 351. The van der Waals surface area contributed by atoms with Crippen LogP contribution in [0.25, 0.3) is 0 Å². The van der Waals surface area contributed by atoms with Gasteiger partial charge in [-0.1, -0.05) is 6.08 Å². The van der Waals surface area contributed by atoms with Crippen molar-refractivity contribution in [3.05, 3.63) is 29.2 Å². The lowest BCUT2D eigenvalue weighted by Crippen LogP contribution is -2.47. The van der Waals surface area contributed by atoms with Gasteiger partial charge in [0.05, 0.1) is 6.61 Å². The molecule has 0 aliphatic heterocycles. The van der Waals surface area contributed by atoms with Crippen molar-refractivity contribution in [3.8, 4) is 0 Å². The molecule has 5 heteroatoms. The lowest BCUT2D eigenvalue weighted by Gasteiger charge is -2.25. The van der Waals surface area contributed by atoms with E-state index in [4.69, 9.17) is 4.74 Å². The minimum atomic E-state index is -0.891. The van der Waals surface area contributed by atoms with Crippen molar-refractivity contribution >= 4 is 17.3 Å². The van der Waals surface area contributed by atoms with Gasteiger partial charge in [-0.2, -0.15) is 0 Å². The van der Waals surface area contributed by atoms with Crippen LogP contribution in [0.4, 0.5) is 0 Å². The maximum Gasteiger partial charge on any atom is 0.333 e. The number of esters is 1. The molecule has 0 saturated heterocycles. The molecule has 1 atom stereocenters. The van der Waals surface area contributed by atoms with Crippen molar-refractivity contribution in [2.75, 3.05) is 13.2 Å². The van der Waals surface area contributed by atoms with Crippen LogP contribution in [-0.4, -0.2) is 24.1 Å². The Labute approximate surface area is 99.3 Å². The van der Waals surface area contributed by atoms with Gasteiger partial charge in [-0.25, -0.2) is 9.78 Å². The van der Waals surface area contributed by atoms with Crippen molar-refractivity contribution in [2.24, 2.45) is 0 Å². The summed E-state index contributed by atoms with van der Waals surface area (Å²) in [5.41, 5.74) is -0.891. The van der Waals surface area contributed by atoms with Gasteiger partial charge in [0.25, 0.3) is 0 Å². The minimum Gasteiger partial charge on any atom is -0.464 e. The number of nitrogens with zero attached hydrogens (tertiary/aromatic N) is 1. The average molecular weight is 240 g/mol. The van der Waals surface area contributed by atoms with Crippen LogP contribution in [0.3, 0.4) is 0 Å². The molecule has 0 aromatic carbocycles. The van der Waals surface area contributed by atoms with E-state index in [0.29, 0.717) is 18.2 Å². The molecule has 1 unspecified atom stereocenters. The third-order valence-corrected chi connectivity index (χ3v) is 3.14. The van der Waals surface area contributed by atoms with Crippen LogP contribution in [0.5, 0.6) is 0 Å². The third-order valence-electron chi connectivity index (χ3n) is 2.14. The van der Waals surface area contributed by atoms with E-state index in [1.54, 1.807) is 26.1 Å². The summed E-state index contributed by atoms with van der Waals surface area (Å²) in [4.78, 5) is 16.1. The highest BCUT2D eigenvalue weighted by Gasteiger charge is 2.38. The lowest BCUT2D eigenvalue weighted by molar-refractivity contribution is -0.150. The summed E-state index contributed by atoms with van der Waals surface area (Å²) >= 11 is 1.43. The SMILES string of the molecule is C=CCNC(C)(C(=O)OCC)c1nccs1. The van der Waals surface area contributed by atoms with Crippen LogP contribution in [0.1, 0.15) is 18.9 Å². The van der Waals surface area contributed by atoms with Crippen molar-refractivity contribution in [1.29, 1.82) is 0 Å². The third kappa shape index (κ3) is 2.68. The number of carbonyl (C=O) groups excluding carboxylic acids is 1. The number of hydrogen-bond acceptors (Lipinski definition) is 5. The fraction of sp³-hybridized carbons (Fsp3) is 0.455. The largest absolute Gasteiger partial charge is 0.464 e. The molecule has 0 aliphatic carbocycles. The highest BCUT2D eigenvalue weighted by atomic mass is 32.1. The maximum atomic E-state index is 11.9. The molecular formula is C11H16N2O2S. The summed E-state index contributed by atoms with van der Waals surface area (Å²) in [6.07, 6.45) is 3.37. The number of rotatable bonds is 6. The Morgan fingerprint density at radius 2 is 2.56 bits per heavy atom. The fourth-order valence-corrected chi connectivity index (χ4v) is 2.02. The summed E-state index contributed by atoms with van der Waals surface area (Å²) in [7, 11) is 0. The number of ether oxygens (including phenoxy) is 1. The standard InChI is InChI=1S/C11H16N2O2S/c1-4-6-13-11(3,10(14)15-5-2)9-12-7-8-16-9/h4,7-8,13H,1,5-6H2,2-3H3. The highest BCUT2D eigenvalue weighted by molar-refractivity contribution is 7.09. The Kier molecular flexibility index (Phi) is 4.64. The van der Waals surface area contributed by atoms with E-state index in [0.717, 1.165) is 0 Å². The Morgan fingerprint density at radius 3 is 3.06 bits per heavy atom. The number of carbonyl (C=O) groups is 1. The van der Waals surface area contributed by atoms with Crippen molar-refractivity contribution in [3.63, 3.8) is 0 Å². The number of thiazole rings is 1. The average Bonchev–Trinajstić information content (AvgIpc) is 2.80. The molecule has 0 saturated carbocycles. The summed E-state index contributed by atoms with van der Waals surface area (Å²) < 4.78 is 5.06. The van der Waals surface area contributed by atoms with E-state index in [1.807, 2.05) is 5.38 Å². The van der Waals surface area contributed by atoms with Gasteiger partial charge in [0.2, 0.25) is 0 Å². The van der Waals surface area contributed by atoms with Crippen molar-refractivity contribution in [2.45, 2.75) is 19.4 Å². The molecule has 16 heavy (non-hydrogen) atoms. The van der Waals surface area contributed by atoms with Crippen LogP contribution in [0, 0.1) is 0 Å². The van der Waals surface area contributed by atoms with Crippen LogP contribution in [0.15, 0.2) is 24.2 Å². The zero-order valence-corrected chi connectivity index (χ0v) is 10.3. The molecule has 4 nitrogen and oxygen atoms in total. The van der Waals surface area contributed by atoms with Crippen LogP contribution in [0.2, 0.25) is 0 Å². The van der Waals surface area contributed by atoms with Gasteiger partial charge in [-0.3, -0.25) is 5.32 Å². The first-order chi connectivity index (χ1) is 7.65. The van der Waals surface area contributed by atoms with Gasteiger partial charge in [0.1, 0.15) is 5.01 Å². The molecule has 1 N–H and O–H groups in total. The molecule has 1 aromatic rings. The van der Waals surface area contributed by atoms with Gasteiger partial charge < -0.3 is 4.74 Å². The zero-order chi connectivity index (χ0) is 12.0. The zero-order valence-electron chi connectivity index (χ0n) is 9.53. The molecule has 0 bridgehead atoms. The van der Waals surface area contributed by atoms with E-state index in [2.05, 4.69) is 16.9 Å². The summed E-state index contributed by atoms with van der Waals surface area (Å²) in [6, 6.07) is 0. The molecule has 0 amide bonds. The highest BCUT2D eigenvalue weighted by Crippen LogP contribution is 2.24. The first-order valence-electron chi connectivity index (χ1n) is 5.08. The second-order valence-electron chi connectivity index (χ2n) is 3.35. The minimum absolute atomic E-state index is 0.313. The Hall–Kier alpha value is -1.20.